The van der Waals surface area contributed by atoms with Gasteiger partial charge in [0.2, 0.25) is 11.8 Å². The molecule has 0 radical (unpaired) electrons. The van der Waals surface area contributed by atoms with E-state index in [0.717, 1.165) is 15.4 Å². The van der Waals surface area contributed by atoms with Gasteiger partial charge in [0, 0.05) is 35.1 Å². The third-order valence-corrected chi connectivity index (χ3v) is 10.0. The summed E-state index contributed by atoms with van der Waals surface area (Å²) in [5, 5.41) is 3.59. The number of ether oxygens (including phenoxy) is 1. The molecule has 2 amide bonds. The highest BCUT2D eigenvalue weighted by molar-refractivity contribution is 7.92. The number of carbonyl (C=O) groups excluding carboxylic acids is 2. The number of rotatable bonds is 14. The Hall–Kier alpha value is -4.05. The molecule has 0 spiro atoms. The van der Waals surface area contributed by atoms with Crippen molar-refractivity contribution in [2.75, 3.05) is 24.5 Å². The number of aryl methyl sites for hydroxylation is 1. The zero-order valence-corrected chi connectivity index (χ0v) is 29.1. The lowest BCUT2D eigenvalue weighted by atomic mass is 10.0. The summed E-state index contributed by atoms with van der Waals surface area (Å²) in [6.45, 7) is 5.36. The van der Waals surface area contributed by atoms with E-state index in [1.165, 1.54) is 24.1 Å². The predicted molar refractivity (Wildman–Crippen MR) is 187 cm³/mol. The van der Waals surface area contributed by atoms with Crippen molar-refractivity contribution in [1.29, 1.82) is 0 Å². The monoisotopic (exact) mass is 695 g/mol. The molecule has 4 rings (SSSR count). The van der Waals surface area contributed by atoms with Crippen LogP contribution in [0.25, 0.3) is 0 Å². The maximum atomic E-state index is 14.7. The van der Waals surface area contributed by atoms with Crippen LogP contribution < -0.4 is 14.4 Å². The second-order valence-corrected chi connectivity index (χ2v) is 14.2. The first-order valence-corrected chi connectivity index (χ1v) is 17.4. The Bertz CT molecular complexity index is 1770. The summed E-state index contributed by atoms with van der Waals surface area (Å²) >= 11 is 13.2. The average molecular weight is 697 g/mol. The minimum Gasteiger partial charge on any atom is -0.495 e. The number of nitrogens with one attached hydrogen (secondary N) is 1. The quantitative estimate of drug-likeness (QED) is 0.155. The van der Waals surface area contributed by atoms with Crippen LogP contribution in [-0.4, -0.2) is 51.4 Å². The lowest BCUT2D eigenvalue weighted by Crippen LogP contribution is -2.53. The van der Waals surface area contributed by atoms with E-state index in [1.54, 1.807) is 54.6 Å². The van der Waals surface area contributed by atoms with Gasteiger partial charge in [-0.25, -0.2) is 8.42 Å². The van der Waals surface area contributed by atoms with Gasteiger partial charge in [0.15, 0.2) is 0 Å². The van der Waals surface area contributed by atoms with Crippen LogP contribution in [0.1, 0.15) is 30.5 Å². The van der Waals surface area contributed by atoms with Gasteiger partial charge in [-0.1, -0.05) is 97.7 Å². The Kier molecular flexibility index (Phi) is 12.3. The van der Waals surface area contributed by atoms with Crippen LogP contribution in [0.2, 0.25) is 10.0 Å². The summed E-state index contributed by atoms with van der Waals surface area (Å²) in [5.41, 5.74) is 2.19. The fourth-order valence-electron chi connectivity index (χ4n) is 5.06. The molecular formula is C36H39Cl2N3O5S. The fraction of sp³-hybridized carbons (Fsp3) is 0.278. The van der Waals surface area contributed by atoms with Crippen LogP contribution in [0.15, 0.2) is 102 Å². The fourth-order valence-corrected chi connectivity index (χ4v) is 7.01. The summed E-state index contributed by atoms with van der Waals surface area (Å²) < 4.78 is 35.2. The number of hydrogen-bond acceptors (Lipinski definition) is 5. The van der Waals surface area contributed by atoms with Crippen molar-refractivity contribution in [2.45, 2.75) is 44.7 Å². The smallest absolute Gasteiger partial charge is 0.264 e. The molecule has 0 unspecified atom stereocenters. The van der Waals surface area contributed by atoms with E-state index in [2.05, 4.69) is 5.32 Å². The van der Waals surface area contributed by atoms with Crippen LogP contribution >= 0.6 is 23.2 Å². The molecule has 0 saturated carbocycles. The Morgan fingerprint density at radius 2 is 1.49 bits per heavy atom. The SMILES string of the molecule is COc1ccc(C)cc1N(CC(=O)N(Cc1c(Cl)cccc1Cl)[C@@H](Cc1ccccc1)C(=O)NCC(C)C)S(=O)(=O)c1ccccc1. The Morgan fingerprint density at radius 1 is 0.872 bits per heavy atom. The van der Waals surface area contributed by atoms with Crippen LogP contribution in [0, 0.1) is 12.8 Å². The van der Waals surface area contributed by atoms with Crippen molar-refractivity contribution in [1.82, 2.24) is 10.2 Å². The predicted octanol–water partition coefficient (Wildman–Crippen LogP) is 6.92. The van der Waals surface area contributed by atoms with Crippen molar-refractivity contribution in [2.24, 2.45) is 5.92 Å². The van der Waals surface area contributed by atoms with Crippen molar-refractivity contribution in [3.05, 3.63) is 124 Å². The van der Waals surface area contributed by atoms with Gasteiger partial charge in [0.05, 0.1) is 17.7 Å². The summed E-state index contributed by atoms with van der Waals surface area (Å²) in [7, 11) is -2.86. The lowest BCUT2D eigenvalue weighted by Gasteiger charge is -2.34. The van der Waals surface area contributed by atoms with E-state index in [1.807, 2.05) is 51.1 Å². The molecule has 0 fully saturated rings. The largest absolute Gasteiger partial charge is 0.495 e. The van der Waals surface area contributed by atoms with Gasteiger partial charge in [-0.05, 0) is 60.4 Å². The van der Waals surface area contributed by atoms with E-state index in [4.69, 9.17) is 27.9 Å². The Morgan fingerprint density at radius 3 is 2.09 bits per heavy atom. The van der Waals surface area contributed by atoms with Crippen LogP contribution in [-0.2, 0) is 32.6 Å². The molecule has 4 aromatic rings. The second-order valence-electron chi connectivity index (χ2n) is 11.6. The minimum atomic E-state index is -4.29. The molecule has 8 nitrogen and oxygen atoms in total. The first kappa shape index (κ1) is 35.8. The molecule has 1 atom stereocenters. The number of benzene rings is 4. The molecule has 0 heterocycles. The van der Waals surface area contributed by atoms with Gasteiger partial charge < -0.3 is 15.0 Å². The topological polar surface area (TPSA) is 96.0 Å². The molecule has 4 aromatic carbocycles. The maximum Gasteiger partial charge on any atom is 0.264 e. The van der Waals surface area contributed by atoms with Gasteiger partial charge in [0.25, 0.3) is 10.0 Å². The zero-order valence-electron chi connectivity index (χ0n) is 26.8. The van der Waals surface area contributed by atoms with Crippen LogP contribution in [0.4, 0.5) is 5.69 Å². The van der Waals surface area contributed by atoms with Crippen LogP contribution in [0.3, 0.4) is 0 Å². The molecule has 0 aliphatic rings. The van der Waals surface area contributed by atoms with Crippen molar-refractivity contribution in [3.63, 3.8) is 0 Å². The molecule has 0 aliphatic heterocycles. The second kappa shape index (κ2) is 16.2. The number of halogens is 2. The number of carbonyl (C=O) groups is 2. The number of anilines is 1. The minimum absolute atomic E-state index is 0.00688. The number of methoxy groups -OCH3 is 1. The Balaban J connectivity index is 1.87. The van der Waals surface area contributed by atoms with Gasteiger partial charge >= 0.3 is 0 Å². The third kappa shape index (κ3) is 9.06. The summed E-state index contributed by atoms with van der Waals surface area (Å²) in [4.78, 5) is 30.0. The van der Waals surface area contributed by atoms with Gasteiger partial charge in [-0.15, -0.1) is 0 Å². The Labute approximate surface area is 287 Å². The molecule has 0 bridgehead atoms. The average Bonchev–Trinajstić information content (AvgIpc) is 3.06. The van der Waals surface area contributed by atoms with E-state index in [0.29, 0.717) is 22.2 Å². The molecule has 0 aromatic heterocycles. The molecule has 0 aliphatic carbocycles. The third-order valence-electron chi connectivity index (χ3n) is 7.56. The number of amides is 2. The number of hydrogen-bond donors (Lipinski definition) is 1. The normalized spacial score (nSPS) is 12.0. The van der Waals surface area contributed by atoms with E-state index in [9.17, 15) is 18.0 Å². The van der Waals surface area contributed by atoms with Crippen molar-refractivity contribution >= 4 is 50.7 Å². The highest BCUT2D eigenvalue weighted by atomic mass is 35.5. The van der Waals surface area contributed by atoms with Gasteiger partial charge in [-0.3, -0.25) is 13.9 Å². The summed E-state index contributed by atoms with van der Waals surface area (Å²) in [6, 6.07) is 26.2. The van der Waals surface area contributed by atoms with Crippen LogP contribution in [0.5, 0.6) is 5.75 Å². The number of sulfonamides is 1. The van der Waals surface area contributed by atoms with E-state index >= 15 is 0 Å². The van der Waals surface area contributed by atoms with Crippen molar-refractivity contribution in [3.8, 4) is 5.75 Å². The molecule has 0 saturated heterocycles. The molecule has 11 heteroatoms. The molecule has 1 N–H and O–H groups in total. The molecular weight excluding hydrogens is 657 g/mol. The van der Waals surface area contributed by atoms with Gasteiger partial charge in [-0.2, -0.15) is 0 Å². The molecule has 47 heavy (non-hydrogen) atoms. The van der Waals surface area contributed by atoms with Crippen molar-refractivity contribution < 1.29 is 22.7 Å². The van der Waals surface area contributed by atoms with E-state index < -0.39 is 28.5 Å². The number of nitrogens with zero attached hydrogens (tertiary/aromatic N) is 2. The first-order chi connectivity index (χ1) is 22.4. The standard InChI is InChI=1S/C36H39Cl2N3O5S/c1-25(2)22-39-36(43)33(21-27-12-7-5-8-13-27)40(23-29-30(37)16-11-17-31(29)38)35(42)24-41(32-20-26(3)18-19-34(32)46-4)47(44,45)28-14-9-6-10-15-28/h5-20,25,33H,21-24H2,1-4H3,(H,39,43)/t33-/m0/s1. The van der Waals surface area contributed by atoms with E-state index in [-0.39, 0.29) is 41.1 Å². The highest BCUT2D eigenvalue weighted by Crippen LogP contribution is 2.34. The lowest BCUT2D eigenvalue weighted by molar-refractivity contribution is -0.140. The molecule has 248 valence electrons. The summed E-state index contributed by atoms with van der Waals surface area (Å²) in [5.74, 6) is -0.604. The maximum absolute atomic E-state index is 14.7. The first-order valence-electron chi connectivity index (χ1n) is 15.2. The highest BCUT2D eigenvalue weighted by Gasteiger charge is 2.36. The summed E-state index contributed by atoms with van der Waals surface area (Å²) in [6.07, 6.45) is 0.164. The van der Waals surface area contributed by atoms with Gasteiger partial charge in [0.1, 0.15) is 18.3 Å². The zero-order chi connectivity index (χ0) is 34.1.